The van der Waals surface area contributed by atoms with E-state index in [2.05, 4.69) is 17.6 Å². The monoisotopic (exact) mass is 212 g/mol. The van der Waals surface area contributed by atoms with E-state index in [1.165, 1.54) is 12.8 Å². The summed E-state index contributed by atoms with van der Waals surface area (Å²) in [5.74, 6) is 0.0336. The second kappa shape index (κ2) is 4.49. The maximum Gasteiger partial charge on any atom is 0.246 e. The van der Waals surface area contributed by atoms with Crippen LogP contribution in [0.1, 0.15) is 32.6 Å². The van der Waals surface area contributed by atoms with Crippen LogP contribution in [-0.4, -0.2) is 37.2 Å². The van der Waals surface area contributed by atoms with E-state index in [0.717, 1.165) is 25.9 Å². The summed E-state index contributed by atoms with van der Waals surface area (Å²) in [7, 11) is 0. The average Bonchev–Trinajstić information content (AvgIpc) is 2.49. The van der Waals surface area contributed by atoms with E-state index in [9.17, 15) is 4.79 Å². The molecule has 1 aliphatic heterocycles. The molecule has 0 unspecified atom stereocenters. The van der Waals surface area contributed by atoms with Gasteiger partial charge >= 0.3 is 0 Å². The number of nitrogens with one attached hydrogen (secondary N) is 2. The van der Waals surface area contributed by atoms with E-state index < -0.39 is 0 Å². The Labute approximate surface area is 90.8 Å². The normalized spacial score (nSPS) is 24.9. The molecule has 2 aliphatic rings. The Balaban J connectivity index is 1.66. The smallest absolute Gasteiger partial charge is 0.246 e. The van der Waals surface area contributed by atoms with Crippen LogP contribution < -0.4 is 10.6 Å². The minimum Gasteiger partial charge on any atom is -0.366 e. The molecule has 86 valence electrons. The molecule has 1 aliphatic carbocycles. The van der Waals surface area contributed by atoms with Gasteiger partial charge in [0.05, 0.1) is 6.10 Å². The summed E-state index contributed by atoms with van der Waals surface area (Å²) in [6.07, 6.45) is 4.90. The van der Waals surface area contributed by atoms with Gasteiger partial charge in [0.15, 0.2) is 0 Å². The largest absolute Gasteiger partial charge is 0.366 e. The second-order valence-electron chi connectivity index (χ2n) is 4.91. The van der Waals surface area contributed by atoms with E-state index in [-0.39, 0.29) is 24.2 Å². The molecule has 15 heavy (non-hydrogen) atoms. The van der Waals surface area contributed by atoms with Crippen LogP contribution in [-0.2, 0) is 9.53 Å². The molecule has 2 rings (SSSR count). The lowest BCUT2D eigenvalue weighted by Gasteiger charge is -2.29. The summed E-state index contributed by atoms with van der Waals surface area (Å²) < 4.78 is 5.42. The number of rotatable bonds is 4. The van der Waals surface area contributed by atoms with Gasteiger partial charge in [-0.3, -0.25) is 4.79 Å². The van der Waals surface area contributed by atoms with Gasteiger partial charge in [-0.25, -0.2) is 0 Å². The van der Waals surface area contributed by atoms with Crippen molar-refractivity contribution in [3.63, 3.8) is 0 Å². The van der Waals surface area contributed by atoms with E-state index in [4.69, 9.17) is 4.74 Å². The first-order chi connectivity index (χ1) is 7.18. The van der Waals surface area contributed by atoms with Gasteiger partial charge in [0.25, 0.3) is 0 Å². The third-order valence-corrected chi connectivity index (χ3v) is 3.34. The standard InChI is InChI=1S/C11H20N2O2/c1-11(4-2-3-5-11)13-10(14)8-15-9-6-12-7-9/h9,12H,2-8H2,1H3,(H,13,14). The summed E-state index contributed by atoms with van der Waals surface area (Å²) in [5, 5.41) is 6.18. The first-order valence-corrected chi connectivity index (χ1v) is 5.81. The van der Waals surface area contributed by atoms with Crippen LogP contribution in [0, 0.1) is 0 Å². The van der Waals surface area contributed by atoms with Gasteiger partial charge < -0.3 is 15.4 Å². The molecule has 0 spiro atoms. The van der Waals surface area contributed by atoms with Crippen LogP contribution in [0.5, 0.6) is 0 Å². The SMILES string of the molecule is CC1(NC(=O)COC2CNC2)CCCC1. The van der Waals surface area contributed by atoms with E-state index in [1.807, 2.05) is 0 Å². The molecular formula is C11H20N2O2. The third-order valence-electron chi connectivity index (χ3n) is 3.34. The van der Waals surface area contributed by atoms with Gasteiger partial charge in [-0.15, -0.1) is 0 Å². The van der Waals surface area contributed by atoms with Crippen LogP contribution >= 0.6 is 0 Å². The van der Waals surface area contributed by atoms with Crippen molar-refractivity contribution in [1.29, 1.82) is 0 Å². The molecular weight excluding hydrogens is 192 g/mol. The fraction of sp³-hybridized carbons (Fsp3) is 0.909. The fourth-order valence-corrected chi connectivity index (χ4v) is 2.23. The third kappa shape index (κ3) is 2.92. The van der Waals surface area contributed by atoms with Gasteiger partial charge in [-0.05, 0) is 19.8 Å². The predicted octanol–water partition coefficient (Wildman–Crippen LogP) is 0.424. The topological polar surface area (TPSA) is 50.4 Å². The van der Waals surface area contributed by atoms with E-state index in [1.54, 1.807) is 0 Å². The van der Waals surface area contributed by atoms with Crippen LogP contribution in [0.3, 0.4) is 0 Å². The molecule has 2 fully saturated rings. The molecule has 4 nitrogen and oxygen atoms in total. The second-order valence-corrected chi connectivity index (χ2v) is 4.91. The number of hydrogen-bond donors (Lipinski definition) is 2. The van der Waals surface area contributed by atoms with Gasteiger partial charge in [0.1, 0.15) is 6.61 Å². The molecule has 0 atom stereocenters. The molecule has 2 N–H and O–H groups in total. The Morgan fingerprint density at radius 2 is 2.13 bits per heavy atom. The van der Waals surface area contributed by atoms with Crippen molar-refractivity contribution in [2.45, 2.75) is 44.2 Å². The molecule has 4 heteroatoms. The van der Waals surface area contributed by atoms with Crippen molar-refractivity contribution in [3.05, 3.63) is 0 Å². The number of hydrogen-bond acceptors (Lipinski definition) is 3. The molecule has 0 bridgehead atoms. The van der Waals surface area contributed by atoms with Gasteiger partial charge in [0, 0.05) is 18.6 Å². The minimum absolute atomic E-state index is 0.0261. The van der Waals surface area contributed by atoms with Gasteiger partial charge in [-0.2, -0.15) is 0 Å². The van der Waals surface area contributed by atoms with Crippen LogP contribution in [0.2, 0.25) is 0 Å². The molecule has 0 radical (unpaired) electrons. The molecule has 1 heterocycles. The highest BCUT2D eigenvalue weighted by molar-refractivity contribution is 5.78. The number of ether oxygens (including phenoxy) is 1. The summed E-state index contributed by atoms with van der Waals surface area (Å²) >= 11 is 0. The molecule has 1 saturated heterocycles. The molecule has 1 saturated carbocycles. The fourth-order valence-electron chi connectivity index (χ4n) is 2.23. The zero-order valence-electron chi connectivity index (χ0n) is 9.34. The Morgan fingerprint density at radius 1 is 1.47 bits per heavy atom. The summed E-state index contributed by atoms with van der Waals surface area (Å²) in [6, 6.07) is 0. The van der Waals surface area contributed by atoms with Crippen molar-refractivity contribution < 1.29 is 9.53 Å². The zero-order valence-corrected chi connectivity index (χ0v) is 9.34. The average molecular weight is 212 g/mol. The summed E-state index contributed by atoms with van der Waals surface area (Å²) in [6.45, 7) is 4.10. The molecule has 0 aromatic carbocycles. The predicted molar refractivity (Wildman–Crippen MR) is 57.6 cm³/mol. The minimum atomic E-state index is 0.0261. The Hall–Kier alpha value is -0.610. The Kier molecular flexibility index (Phi) is 3.26. The van der Waals surface area contributed by atoms with Gasteiger partial charge in [0.2, 0.25) is 5.91 Å². The van der Waals surface area contributed by atoms with Crippen LogP contribution in [0.4, 0.5) is 0 Å². The number of carbonyl (C=O) groups is 1. The summed E-state index contributed by atoms with van der Waals surface area (Å²) in [4.78, 5) is 11.6. The molecule has 1 amide bonds. The van der Waals surface area contributed by atoms with Crippen molar-refractivity contribution in [2.75, 3.05) is 19.7 Å². The highest BCUT2D eigenvalue weighted by Gasteiger charge is 2.30. The molecule has 0 aromatic heterocycles. The quantitative estimate of drug-likeness (QED) is 0.710. The lowest BCUT2D eigenvalue weighted by atomic mass is 10.0. The Morgan fingerprint density at radius 3 is 2.67 bits per heavy atom. The number of amides is 1. The Bertz CT molecular complexity index is 233. The van der Waals surface area contributed by atoms with Crippen molar-refractivity contribution >= 4 is 5.91 Å². The number of carbonyl (C=O) groups excluding carboxylic acids is 1. The highest BCUT2D eigenvalue weighted by atomic mass is 16.5. The van der Waals surface area contributed by atoms with Crippen LogP contribution in [0.25, 0.3) is 0 Å². The van der Waals surface area contributed by atoms with Crippen LogP contribution in [0.15, 0.2) is 0 Å². The van der Waals surface area contributed by atoms with Crippen molar-refractivity contribution in [2.24, 2.45) is 0 Å². The maximum absolute atomic E-state index is 11.6. The van der Waals surface area contributed by atoms with Crippen molar-refractivity contribution in [1.82, 2.24) is 10.6 Å². The van der Waals surface area contributed by atoms with E-state index >= 15 is 0 Å². The highest BCUT2D eigenvalue weighted by Crippen LogP contribution is 2.28. The first kappa shape index (κ1) is 10.9. The first-order valence-electron chi connectivity index (χ1n) is 5.81. The lowest BCUT2D eigenvalue weighted by molar-refractivity contribution is -0.130. The van der Waals surface area contributed by atoms with Gasteiger partial charge in [-0.1, -0.05) is 12.8 Å². The van der Waals surface area contributed by atoms with E-state index in [0.29, 0.717) is 0 Å². The van der Waals surface area contributed by atoms with Crippen molar-refractivity contribution in [3.8, 4) is 0 Å². The lowest BCUT2D eigenvalue weighted by Crippen LogP contribution is -2.51. The zero-order chi connectivity index (χ0) is 10.7. The maximum atomic E-state index is 11.6. The molecule has 0 aromatic rings. The summed E-state index contributed by atoms with van der Waals surface area (Å²) in [5.41, 5.74) is 0.0261.